The third-order valence-electron chi connectivity index (χ3n) is 3.15. The lowest BCUT2D eigenvalue weighted by atomic mass is 10.1. The van der Waals surface area contributed by atoms with Crippen LogP contribution in [0, 0.1) is 12.7 Å². The van der Waals surface area contributed by atoms with Crippen LogP contribution < -0.4 is 10.6 Å². The highest BCUT2D eigenvalue weighted by molar-refractivity contribution is 6.31. The van der Waals surface area contributed by atoms with Crippen molar-refractivity contribution in [3.8, 4) is 0 Å². The van der Waals surface area contributed by atoms with Crippen LogP contribution >= 0.6 is 11.6 Å². The van der Waals surface area contributed by atoms with Gasteiger partial charge in [-0.3, -0.25) is 14.9 Å². The summed E-state index contributed by atoms with van der Waals surface area (Å²) in [4.78, 5) is 28.1. The van der Waals surface area contributed by atoms with Crippen molar-refractivity contribution in [3.05, 3.63) is 34.9 Å². The third-order valence-corrected chi connectivity index (χ3v) is 3.44. The molecule has 114 valence electrons. The SMILES string of the molecule is Cc1nc2n(n1)C(C(=O)Nc1ccc(F)c(Cl)c1)CC(=O)N2. The van der Waals surface area contributed by atoms with E-state index in [1.54, 1.807) is 6.92 Å². The Kier molecular flexibility index (Phi) is 3.53. The van der Waals surface area contributed by atoms with Crippen molar-refractivity contribution >= 4 is 35.1 Å². The smallest absolute Gasteiger partial charge is 0.249 e. The van der Waals surface area contributed by atoms with Crippen LogP contribution in [0.2, 0.25) is 5.02 Å². The molecule has 22 heavy (non-hydrogen) atoms. The largest absolute Gasteiger partial charge is 0.324 e. The number of amides is 2. The first-order chi connectivity index (χ1) is 10.4. The Morgan fingerprint density at radius 2 is 2.32 bits per heavy atom. The molecule has 3 rings (SSSR count). The summed E-state index contributed by atoms with van der Waals surface area (Å²) in [5.41, 5.74) is 0.334. The summed E-state index contributed by atoms with van der Waals surface area (Å²) in [5.74, 6) is -0.683. The molecular formula is C13H11ClFN5O2. The number of fused-ring (bicyclic) bond motifs is 1. The Hall–Kier alpha value is -2.48. The first kappa shape index (κ1) is 14.5. The molecule has 1 aromatic heterocycles. The molecule has 0 saturated heterocycles. The molecule has 0 spiro atoms. The van der Waals surface area contributed by atoms with E-state index in [2.05, 4.69) is 20.7 Å². The Labute approximate surface area is 129 Å². The molecule has 2 N–H and O–H groups in total. The minimum absolute atomic E-state index is 0.0590. The summed E-state index contributed by atoms with van der Waals surface area (Å²) in [7, 11) is 0. The Morgan fingerprint density at radius 3 is 3.05 bits per heavy atom. The Balaban J connectivity index is 1.85. The van der Waals surface area contributed by atoms with E-state index in [4.69, 9.17) is 11.6 Å². The lowest BCUT2D eigenvalue weighted by Crippen LogP contribution is -2.36. The highest BCUT2D eigenvalue weighted by atomic mass is 35.5. The summed E-state index contributed by atoms with van der Waals surface area (Å²) in [6.07, 6.45) is -0.0590. The number of anilines is 2. The van der Waals surface area contributed by atoms with Gasteiger partial charge in [-0.2, -0.15) is 10.1 Å². The summed E-state index contributed by atoms with van der Waals surface area (Å²) in [5, 5.41) is 9.14. The zero-order valence-electron chi connectivity index (χ0n) is 11.4. The van der Waals surface area contributed by atoms with Crippen molar-refractivity contribution < 1.29 is 14.0 Å². The average Bonchev–Trinajstić information content (AvgIpc) is 2.82. The predicted octanol–water partition coefficient (Wildman–Crippen LogP) is 1.90. The fraction of sp³-hybridized carbons (Fsp3) is 0.231. The molecule has 0 aliphatic carbocycles. The first-order valence-electron chi connectivity index (χ1n) is 6.43. The van der Waals surface area contributed by atoms with Crippen LogP contribution in [0.1, 0.15) is 18.3 Å². The number of aryl methyl sites for hydroxylation is 1. The van der Waals surface area contributed by atoms with E-state index >= 15 is 0 Å². The Morgan fingerprint density at radius 1 is 1.55 bits per heavy atom. The lowest BCUT2D eigenvalue weighted by molar-refractivity contribution is -0.125. The average molecular weight is 324 g/mol. The maximum atomic E-state index is 13.1. The van der Waals surface area contributed by atoms with Gasteiger partial charge in [-0.05, 0) is 25.1 Å². The number of nitrogens with zero attached hydrogens (tertiary/aromatic N) is 3. The third kappa shape index (κ3) is 2.64. The molecule has 0 bridgehead atoms. The molecule has 7 nitrogen and oxygen atoms in total. The fourth-order valence-corrected chi connectivity index (χ4v) is 2.35. The number of benzene rings is 1. The molecule has 1 aromatic carbocycles. The van der Waals surface area contributed by atoms with Crippen molar-refractivity contribution in [2.75, 3.05) is 10.6 Å². The standard InChI is InChI=1S/C13H11ClFN5O2/c1-6-16-13-18-11(21)5-10(20(13)19-6)12(22)17-7-2-3-9(15)8(14)4-7/h2-4,10H,5H2,1H3,(H,17,22)(H,16,18,19,21). The van der Waals surface area contributed by atoms with Gasteiger partial charge >= 0.3 is 0 Å². The van der Waals surface area contributed by atoms with Gasteiger partial charge in [-0.25, -0.2) is 9.07 Å². The molecular weight excluding hydrogens is 313 g/mol. The molecule has 9 heteroatoms. The number of hydrogen-bond acceptors (Lipinski definition) is 4. The predicted molar refractivity (Wildman–Crippen MR) is 77.1 cm³/mol. The van der Waals surface area contributed by atoms with Crippen LogP contribution in [0.3, 0.4) is 0 Å². The molecule has 1 unspecified atom stereocenters. The van der Waals surface area contributed by atoms with Crippen LogP contribution in [0.25, 0.3) is 0 Å². The molecule has 2 aromatic rings. The van der Waals surface area contributed by atoms with Gasteiger partial charge < -0.3 is 5.32 Å². The highest BCUT2D eigenvalue weighted by Gasteiger charge is 2.32. The van der Waals surface area contributed by atoms with Crippen molar-refractivity contribution in [1.82, 2.24) is 14.8 Å². The number of carbonyl (C=O) groups excluding carboxylic acids is 2. The van der Waals surface area contributed by atoms with E-state index in [-0.39, 0.29) is 23.3 Å². The minimum atomic E-state index is -0.825. The van der Waals surface area contributed by atoms with Gasteiger partial charge in [0.25, 0.3) is 0 Å². The maximum absolute atomic E-state index is 13.1. The van der Waals surface area contributed by atoms with Gasteiger partial charge in [0, 0.05) is 5.69 Å². The second-order valence-corrected chi connectivity index (χ2v) is 5.22. The topological polar surface area (TPSA) is 88.9 Å². The van der Waals surface area contributed by atoms with Crippen molar-refractivity contribution in [1.29, 1.82) is 0 Å². The fourth-order valence-electron chi connectivity index (χ4n) is 2.17. The number of halogens is 2. The van der Waals surface area contributed by atoms with E-state index in [1.165, 1.54) is 16.8 Å². The van der Waals surface area contributed by atoms with Crippen LogP contribution in [-0.4, -0.2) is 26.6 Å². The van der Waals surface area contributed by atoms with Gasteiger partial charge in [0.2, 0.25) is 17.8 Å². The summed E-state index contributed by atoms with van der Waals surface area (Å²) in [6, 6.07) is 3.01. The summed E-state index contributed by atoms with van der Waals surface area (Å²) in [6.45, 7) is 1.66. The zero-order chi connectivity index (χ0) is 15.9. The molecule has 1 atom stereocenters. The van der Waals surface area contributed by atoms with Gasteiger partial charge in [-0.1, -0.05) is 11.6 Å². The minimum Gasteiger partial charge on any atom is -0.324 e. The number of aromatic nitrogens is 3. The van der Waals surface area contributed by atoms with Crippen molar-refractivity contribution in [3.63, 3.8) is 0 Å². The van der Waals surface area contributed by atoms with Crippen LogP contribution in [0.15, 0.2) is 18.2 Å². The number of hydrogen-bond donors (Lipinski definition) is 2. The van der Waals surface area contributed by atoms with Gasteiger partial charge in [0.05, 0.1) is 11.4 Å². The van der Waals surface area contributed by atoms with E-state index < -0.39 is 17.8 Å². The quantitative estimate of drug-likeness (QED) is 0.883. The second kappa shape index (κ2) is 5.38. The van der Waals surface area contributed by atoms with E-state index in [1.807, 2.05) is 0 Å². The van der Waals surface area contributed by atoms with Crippen molar-refractivity contribution in [2.45, 2.75) is 19.4 Å². The number of nitrogens with one attached hydrogen (secondary N) is 2. The number of carbonyl (C=O) groups is 2. The van der Waals surface area contributed by atoms with E-state index in [9.17, 15) is 14.0 Å². The van der Waals surface area contributed by atoms with E-state index in [0.29, 0.717) is 11.5 Å². The molecule has 0 radical (unpaired) electrons. The summed E-state index contributed by atoms with van der Waals surface area (Å²) >= 11 is 5.67. The molecule has 0 saturated carbocycles. The monoisotopic (exact) mass is 323 g/mol. The molecule has 0 fully saturated rings. The number of rotatable bonds is 2. The van der Waals surface area contributed by atoms with Crippen molar-refractivity contribution in [2.24, 2.45) is 0 Å². The molecule has 1 aliphatic heterocycles. The van der Waals surface area contributed by atoms with Crippen LogP contribution in [0.4, 0.5) is 16.0 Å². The highest BCUT2D eigenvalue weighted by Crippen LogP contribution is 2.25. The van der Waals surface area contributed by atoms with E-state index in [0.717, 1.165) is 6.07 Å². The van der Waals surface area contributed by atoms with Gasteiger partial charge in [-0.15, -0.1) is 0 Å². The first-order valence-corrected chi connectivity index (χ1v) is 6.81. The molecule has 2 heterocycles. The molecule has 2 amide bonds. The van der Waals surface area contributed by atoms with Crippen LogP contribution in [0.5, 0.6) is 0 Å². The maximum Gasteiger partial charge on any atom is 0.249 e. The normalized spacial score (nSPS) is 16.9. The second-order valence-electron chi connectivity index (χ2n) is 4.81. The molecule has 1 aliphatic rings. The Bertz CT molecular complexity index is 776. The van der Waals surface area contributed by atoms with Gasteiger partial charge in [0.1, 0.15) is 17.7 Å². The van der Waals surface area contributed by atoms with Gasteiger partial charge in [0.15, 0.2) is 0 Å². The van der Waals surface area contributed by atoms with Crippen LogP contribution in [-0.2, 0) is 9.59 Å². The lowest BCUT2D eigenvalue weighted by Gasteiger charge is -2.22. The summed E-state index contributed by atoms with van der Waals surface area (Å²) < 4.78 is 14.5. The zero-order valence-corrected chi connectivity index (χ0v) is 12.2.